The molecule has 1 aliphatic heterocycles. The van der Waals surface area contributed by atoms with E-state index in [4.69, 9.17) is 9.52 Å². The molecule has 0 bridgehead atoms. The van der Waals surface area contributed by atoms with Gasteiger partial charge in [0.1, 0.15) is 23.8 Å². The van der Waals surface area contributed by atoms with Crippen LogP contribution in [0.2, 0.25) is 0 Å². The molecule has 3 aromatic rings. The van der Waals surface area contributed by atoms with E-state index < -0.39 is 53.3 Å². The first-order valence-electron chi connectivity index (χ1n) is 10.4. The summed E-state index contributed by atoms with van der Waals surface area (Å²) in [6, 6.07) is 4.07. The normalized spacial score (nSPS) is 14.1. The Hall–Kier alpha value is -4.17. The predicted molar refractivity (Wildman–Crippen MR) is 114 cm³/mol. The topological polar surface area (TPSA) is 158 Å². The Morgan fingerprint density at radius 3 is 2.47 bits per heavy atom. The summed E-state index contributed by atoms with van der Waals surface area (Å²) in [5.41, 5.74) is -1.76. The van der Waals surface area contributed by atoms with Crippen LogP contribution in [0.1, 0.15) is 44.7 Å². The van der Waals surface area contributed by atoms with Crippen LogP contribution >= 0.6 is 0 Å². The monoisotopic (exact) mass is 508 g/mol. The zero-order valence-electron chi connectivity index (χ0n) is 18.3. The first kappa shape index (κ1) is 24.9. The van der Waals surface area contributed by atoms with Crippen LogP contribution in [0.25, 0.3) is 0 Å². The SMILES string of the molecule is O=C(O)CN[C@H](O)c1c(O)c2c(n(Cc3ccc(C(F)(F)F)cc3)c1=O)CN(C(=O)c1cocn1)C2. The molecule has 0 spiro atoms. The van der Waals surface area contributed by atoms with E-state index in [2.05, 4.69) is 10.3 Å². The number of aliphatic hydroxyl groups is 1. The van der Waals surface area contributed by atoms with Gasteiger partial charge in [-0.15, -0.1) is 0 Å². The van der Waals surface area contributed by atoms with Crippen molar-refractivity contribution in [2.45, 2.75) is 32.0 Å². The summed E-state index contributed by atoms with van der Waals surface area (Å²) in [6.07, 6.45) is -4.26. The van der Waals surface area contributed by atoms with Crippen molar-refractivity contribution in [3.8, 4) is 5.75 Å². The van der Waals surface area contributed by atoms with E-state index in [1.807, 2.05) is 0 Å². The van der Waals surface area contributed by atoms with Crippen LogP contribution in [0, 0.1) is 0 Å². The van der Waals surface area contributed by atoms with Crippen molar-refractivity contribution in [2.24, 2.45) is 0 Å². The highest BCUT2D eigenvalue weighted by Gasteiger charge is 2.35. The number of aliphatic hydroxyl groups excluding tert-OH is 1. The van der Waals surface area contributed by atoms with Gasteiger partial charge < -0.3 is 29.2 Å². The largest absolute Gasteiger partial charge is 0.507 e. The number of benzene rings is 1. The van der Waals surface area contributed by atoms with Crippen LogP contribution in [0.15, 0.2) is 46.1 Å². The minimum absolute atomic E-state index is 0.0256. The second kappa shape index (κ2) is 9.47. The van der Waals surface area contributed by atoms with E-state index in [1.54, 1.807) is 0 Å². The predicted octanol–water partition coefficient (Wildman–Crippen LogP) is 1.43. The molecule has 2 aromatic heterocycles. The number of nitrogens with one attached hydrogen (secondary N) is 1. The first-order valence-corrected chi connectivity index (χ1v) is 10.4. The molecule has 4 rings (SSSR count). The fourth-order valence-corrected chi connectivity index (χ4v) is 3.91. The molecule has 0 unspecified atom stereocenters. The molecule has 1 amide bonds. The number of hydrogen-bond donors (Lipinski definition) is 4. The Morgan fingerprint density at radius 2 is 1.89 bits per heavy atom. The van der Waals surface area contributed by atoms with Crippen molar-refractivity contribution in [1.82, 2.24) is 19.8 Å². The number of amides is 1. The average Bonchev–Trinajstić information content (AvgIpc) is 3.50. The van der Waals surface area contributed by atoms with Crippen LogP contribution < -0.4 is 10.9 Å². The Bertz CT molecular complexity index is 1350. The average molecular weight is 508 g/mol. The number of hydrogen-bond acceptors (Lipinski definition) is 8. The summed E-state index contributed by atoms with van der Waals surface area (Å²) < 4.78 is 44.7. The Balaban J connectivity index is 1.76. The van der Waals surface area contributed by atoms with Crippen molar-refractivity contribution in [3.63, 3.8) is 0 Å². The summed E-state index contributed by atoms with van der Waals surface area (Å²) in [7, 11) is 0. The van der Waals surface area contributed by atoms with Crippen molar-refractivity contribution >= 4 is 11.9 Å². The van der Waals surface area contributed by atoms with E-state index >= 15 is 0 Å². The van der Waals surface area contributed by atoms with Crippen LogP contribution in [-0.4, -0.2) is 48.2 Å². The minimum Gasteiger partial charge on any atom is -0.507 e. The molecule has 0 aliphatic carbocycles. The van der Waals surface area contributed by atoms with Gasteiger partial charge in [0, 0.05) is 11.3 Å². The van der Waals surface area contributed by atoms with Gasteiger partial charge in [0.2, 0.25) is 0 Å². The van der Waals surface area contributed by atoms with Crippen molar-refractivity contribution in [1.29, 1.82) is 0 Å². The maximum absolute atomic E-state index is 13.3. The number of aliphatic carboxylic acids is 1. The van der Waals surface area contributed by atoms with Gasteiger partial charge in [-0.05, 0) is 17.7 Å². The molecule has 36 heavy (non-hydrogen) atoms. The third-order valence-electron chi connectivity index (χ3n) is 5.66. The maximum Gasteiger partial charge on any atom is 0.416 e. The number of halogens is 3. The molecule has 0 radical (unpaired) electrons. The molecule has 4 N–H and O–H groups in total. The maximum atomic E-state index is 13.3. The first-order chi connectivity index (χ1) is 17.0. The quantitative estimate of drug-likeness (QED) is 0.347. The van der Waals surface area contributed by atoms with Crippen molar-refractivity contribution in [2.75, 3.05) is 6.54 Å². The fourth-order valence-electron chi connectivity index (χ4n) is 3.91. The van der Waals surface area contributed by atoms with Crippen LogP contribution in [0.4, 0.5) is 13.2 Å². The number of carboxylic acid groups (broad SMARTS) is 1. The van der Waals surface area contributed by atoms with Gasteiger partial charge in [-0.1, -0.05) is 12.1 Å². The highest BCUT2D eigenvalue weighted by atomic mass is 19.4. The van der Waals surface area contributed by atoms with Gasteiger partial charge in [-0.3, -0.25) is 19.7 Å². The fraction of sp³-hybridized carbons (Fsp3) is 0.273. The summed E-state index contributed by atoms with van der Waals surface area (Å²) in [6.45, 7) is -1.31. The minimum atomic E-state index is -4.55. The standard InChI is InChI=1S/C22H19F3N4O7/c23-22(24,25)12-3-1-11(2-4-12)6-29-15-8-28(20(34)14-9-36-10-27-14)7-13(15)18(32)17(21(29)35)19(33)26-5-16(30)31/h1-4,9-10,19,26,32-33H,5-8H2,(H,30,31)/t19-/m1/s1. The number of carbonyl (C=O) groups excluding carboxylic acids is 1. The van der Waals surface area contributed by atoms with Gasteiger partial charge in [0.25, 0.3) is 11.5 Å². The smallest absolute Gasteiger partial charge is 0.416 e. The second-order valence-corrected chi connectivity index (χ2v) is 7.99. The zero-order chi connectivity index (χ0) is 26.2. The Kier molecular flexibility index (Phi) is 6.56. The zero-order valence-corrected chi connectivity index (χ0v) is 18.3. The van der Waals surface area contributed by atoms with Gasteiger partial charge in [-0.25, -0.2) is 4.98 Å². The van der Waals surface area contributed by atoms with E-state index in [-0.39, 0.29) is 36.6 Å². The molecule has 0 fully saturated rings. The second-order valence-electron chi connectivity index (χ2n) is 7.99. The number of aromatic nitrogens is 2. The van der Waals surface area contributed by atoms with Crippen molar-refractivity contribution < 1.29 is 42.5 Å². The molecular formula is C22H19F3N4O7. The lowest BCUT2D eigenvalue weighted by atomic mass is 10.1. The molecule has 1 aromatic carbocycles. The number of nitrogens with zero attached hydrogens (tertiary/aromatic N) is 3. The molecule has 1 atom stereocenters. The number of fused-ring (bicyclic) bond motifs is 1. The Morgan fingerprint density at radius 1 is 1.19 bits per heavy atom. The molecule has 190 valence electrons. The summed E-state index contributed by atoms with van der Waals surface area (Å²) in [4.78, 5) is 42.0. The summed E-state index contributed by atoms with van der Waals surface area (Å²) >= 11 is 0. The molecular weight excluding hydrogens is 489 g/mol. The number of alkyl halides is 3. The van der Waals surface area contributed by atoms with Crippen LogP contribution in [0.3, 0.4) is 0 Å². The third kappa shape index (κ3) is 4.81. The van der Waals surface area contributed by atoms with Gasteiger partial charge in [0.05, 0.1) is 31.7 Å². The third-order valence-corrected chi connectivity index (χ3v) is 5.66. The lowest BCUT2D eigenvalue weighted by molar-refractivity contribution is -0.138. The van der Waals surface area contributed by atoms with Crippen LogP contribution in [-0.2, 0) is 30.6 Å². The Labute approximate surface area is 200 Å². The van der Waals surface area contributed by atoms with Gasteiger partial charge in [-0.2, -0.15) is 13.2 Å². The molecule has 0 saturated carbocycles. The number of rotatable bonds is 7. The van der Waals surface area contributed by atoms with Crippen LogP contribution in [0.5, 0.6) is 5.75 Å². The molecule has 0 saturated heterocycles. The molecule has 1 aliphatic rings. The molecule has 3 heterocycles. The molecule has 14 heteroatoms. The number of carboxylic acids is 1. The number of aromatic hydroxyl groups is 1. The number of pyridine rings is 1. The summed E-state index contributed by atoms with van der Waals surface area (Å²) in [5.74, 6) is -2.53. The molecule has 11 nitrogen and oxygen atoms in total. The summed E-state index contributed by atoms with van der Waals surface area (Å²) in [5, 5.41) is 32.3. The highest BCUT2D eigenvalue weighted by Crippen LogP contribution is 2.35. The van der Waals surface area contributed by atoms with Crippen molar-refractivity contribution in [3.05, 3.63) is 80.9 Å². The lowest BCUT2D eigenvalue weighted by Gasteiger charge is -2.19. The lowest BCUT2D eigenvalue weighted by Crippen LogP contribution is -2.35. The van der Waals surface area contributed by atoms with Gasteiger partial charge in [0.15, 0.2) is 12.1 Å². The number of oxazole rings is 1. The van der Waals surface area contributed by atoms with E-state index in [9.17, 15) is 37.8 Å². The van der Waals surface area contributed by atoms with E-state index in [1.165, 1.54) is 17.0 Å². The highest BCUT2D eigenvalue weighted by molar-refractivity contribution is 5.92. The number of carbonyl (C=O) groups is 2. The van der Waals surface area contributed by atoms with Gasteiger partial charge >= 0.3 is 12.1 Å². The van der Waals surface area contributed by atoms with E-state index in [0.717, 1.165) is 29.4 Å². The van der Waals surface area contributed by atoms with E-state index in [0.29, 0.717) is 5.56 Å².